The summed E-state index contributed by atoms with van der Waals surface area (Å²) < 4.78 is 18.8. The van der Waals surface area contributed by atoms with Gasteiger partial charge in [0.15, 0.2) is 0 Å². The molecule has 0 aliphatic carbocycles. The molecule has 0 heterocycles. The molecular formula is C15H12ClFO3. The van der Waals surface area contributed by atoms with Gasteiger partial charge in [-0.1, -0.05) is 23.7 Å². The molecule has 1 N–H and O–H groups in total. The first kappa shape index (κ1) is 14.3. The fourth-order valence-corrected chi connectivity index (χ4v) is 2.22. The molecular weight excluding hydrogens is 283 g/mol. The standard InChI is InChI=1S/C15H12ClFO3/c1-2-20-13-8-10(15(18)19)7-12(16)14(13)9-4-3-5-11(17)6-9/h3-8H,2H2,1H3,(H,18,19). The predicted molar refractivity (Wildman–Crippen MR) is 75.0 cm³/mol. The maximum atomic E-state index is 13.3. The predicted octanol–water partition coefficient (Wildman–Crippen LogP) is 4.24. The van der Waals surface area contributed by atoms with Crippen LogP contribution < -0.4 is 4.74 Å². The Morgan fingerprint density at radius 1 is 1.35 bits per heavy atom. The molecule has 20 heavy (non-hydrogen) atoms. The van der Waals surface area contributed by atoms with E-state index in [-0.39, 0.29) is 10.6 Å². The molecule has 0 aromatic heterocycles. The van der Waals surface area contributed by atoms with E-state index in [4.69, 9.17) is 21.4 Å². The molecule has 0 fully saturated rings. The quantitative estimate of drug-likeness (QED) is 0.917. The first-order chi connectivity index (χ1) is 9.52. The smallest absolute Gasteiger partial charge is 0.335 e. The van der Waals surface area contributed by atoms with Gasteiger partial charge >= 0.3 is 5.97 Å². The molecule has 0 bridgehead atoms. The van der Waals surface area contributed by atoms with Crippen LogP contribution in [0, 0.1) is 5.82 Å². The van der Waals surface area contributed by atoms with Crippen molar-refractivity contribution in [3.63, 3.8) is 0 Å². The second-order valence-electron chi connectivity index (χ2n) is 4.08. The minimum absolute atomic E-state index is 0.0265. The van der Waals surface area contributed by atoms with Gasteiger partial charge in [-0.15, -0.1) is 0 Å². The van der Waals surface area contributed by atoms with Gasteiger partial charge in [0.05, 0.1) is 17.2 Å². The number of carbonyl (C=O) groups is 1. The third kappa shape index (κ3) is 2.91. The Hall–Kier alpha value is -2.07. The van der Waals surface area contributed by atoms with E-state index in [1.807, 2.05) is 0 Å². The van der Waals surface area contributed by atoms with Crippen LogP contribution in [0.4, 0.5) is 4.39 Å². The van der Waals surface area contributed by atoms with Crippen LogP contribution in [0.25, 0.3) is 11.1 Å². The molecule has 104 valence electrons. The summed E-state index contributed by atoms with van der Waals surface area (Å²) in [6, 6.07) is 8.60. The van der Waals surface area contributed by atoms with E-state index in [0.717, 1.165) is 0 Å². The van der Waals surface area contributed by atoms with Gasteiger partial charge in [0.2, 0.25) is 0 Å². The Morgan fingerprint density at radius 2 is 2.10 bits per heavy atom. The summed E-state index contributed by atoms with van der Waals surface area (Å²) in [6.45, 7) is 2.12. The van der Waals surface area contributed by atoms with E-state index >= 15 is 0 Å². The van der Waals surface area contributed by atoms with Crippen molar-refractivity contribution in [3.05, 3.63) is 52.8 Å². The fourth-order valence-electron chi connectivity index (χ4n) is 1.90. The molecule has 0 spiro atoms. The number of hydrogen-bond donors (Lipinski definition) is 1. The Labute approximate surface area is 120 Å². The molecule has 0 radical (unpaired) electrons. The summed E-state index contributed by atoms with van der Waals surface area (Å²) >= 11 is 6.14. The third-order valence-electron chi connectivity index (χ3n) is 2.71. The van der Waals surface area contributed by atoms with Gasteiger partial charge in [-0.3, -0.25) is 0 Å². The van der Waals surface area contributed by atoms with E-state index in [0.29, 0.717) is 23.5 Å². The van der Waals surface area contributed by atoms with Crippen molar-refractivity contribution in [1.82, 2.24) is 0 Å². The Balaban J connectivity index is 2.65. The highest BCUT2D eigenvalue weighted by Gasteiger charge is 2.16. The van der Waals surface area contributed by atoms with E-state index in [1.165, 1.54) is 24.3 Å². The number of ether oxygens (including phenoxy) is 1. The van der Waals surface area contributed by atoms with Crippen molar-refractivity contribution in [2.24, 2.45) is 0 Å². The lowest BCUT2D eigenvalue weighted by atomic mass is 10.0. The molecule has 0 aliphatic heterocycles. The van der Waals surface area contributed by atoms with Crippen molar-refractivity contribution in [3.8, 4) is 16.9 Å². The summed E-state index contributed by atoms with van der Waals surface area (Å²) in [5.41, 5.74) is 1.05. The molecule has 2 aromatic carbocycles. The van der Waals surface area contributed by atoms with Crippen LogP contribution in [0.2, 0.25) is 5.02 Å². The molecule has 2 rings (SSSR count). The molecule has 0 amide bonds. The number of carboxylic acid groups (broad SMARTS) is 1. The molecule has 0 aliphatic rings. The van der Waals surface area contributed by atoms with Gasteiger partial charge in [0.25, 0.3) is 0 Å². The summed E-state index contributed by atoms with van der Waals surface area (Å²) in [7, 11) is 0. The number of rotatable bonds is 4. The Kier molecular flexibility index (Phi) is 4.25. The fraction of sp³-hybridized carbons (Fsp3) is 0.133. The third-order valence-corrected chi connectivity index (χ3v) is 3.01. The first-order valence-electron chi connectivity index (χ1n) is 5.98. The maximum absolute atomic E-state index is 13.3. The van der Waals surface area contributed by atoms with Gasteiger partial charge in [0, 0.05) is 5.56 Å². The Bertz CT molecular complexity index is 656. The summed E-state index contributed by atoms with van der Waals surface area (Å²) in [5, 5.41) is 9.24. The number of benzene rings is 2. The molecule has 3 nitrogen and oxygen atoms in total. The molecule has 2 aromatic rings. The van der Waals surface area contributed by atoms with Gasteiger partial charge in [-0.2, -0.15) is 0 Å². The second-order valence-corrected chi connectivity index (χ2v) is 4.49. The lowest BCUT2D eigenvalue weighted by Gasteiger charge is -2.13. The molecule has 0 saturated heterocycles. The van der Waals surface area contributed by atoms with E-state index < -0.39 is 11.8 Å². The van der Waals surface area contributed by atoms with Crippen LogP contribution in [0.15, 0.2) is 36.4 Å². The SMILES string of the molecule is CCOc1cc(C(=O)O)cc(Cl)c1-c1cccc(F)c1. The number of halogens is 2. The van der Waals surface area contributed by atoms with Crippen LogP contribution in [-0.4, -0.2) is 17.7 Å². The monoisotopic (exact) mass is 294 g/mol. The highest BCUT2D eigenvalue weighted by Crippen LogP contribution is 2.38. The van der Waals surface area contributed by atoms with Crippen LogP contribution in [0.3, 0.4) is 0 Å². The molecule has 5 heteroatoms. The van der Waals surface area contributed by atoms with Crippen molar-refractivity contribution in [2.75, 3.05) is 6.61 Å². The van der Waals surface area contributed by atoms with Crippen LogP contribution in [0.1, 0.15) is 17.3 Å². The molecule has 0 unspecified atom stereocenters. The summed E-state index contributed by atoms with van der Waals surface area (Å²) in [6.07, 6.45) is 0. The average molecular weight is 295 g/mol. The van der Waals surface area contributed by atoms with E-state index in [9.17, 15) is 9.18 Å². The lowest BCUT2D eigenvalue weighted by Crippen LogP contribution is -2.01. The van der Waals surface area contributed by atoms with Crippen LogP contribution >= 0.6 is 11.6 Å². The van der Waals surface area contributed by atoms with E-state index in [2.05, 4.69) is 0 Å². The number of hydrogen-bond acceptors (Lipinski definition) is 2. The van der Waals surface area contributed by atoms with Gasteiger partial charge in [-0.25, -0.2) is 9.18 Å². The van der Waals surface area contributed by atoms with Crippen molar-refractivity contribution < 1.29 is 19.0 Å². The van der Waals surface area contributed by atoms with Gasteiger partial charge in [-0.05, 0) is 36.8 Å². The molecule has 0 saturated carbocycles. The minimum atomic E-state index is -1.10. The number of aromatic carboxylic acids is 1. The zero-order chi connectivity index (χ0) is 14.7. The van der Waals surface area contributed by atoms with Crippen LogP contribution in [-0.2, 0) is 0 Å². The van der Waals surface area contributed by atoms with Gasteiger partial charge in [0.1, 0.15) is 11.6 Å². The normalized spacial score (nSPS) is 10.3. The Morgan fingerprint density at radius 3 is 2.70 bits per heavy atom. The highest BCUT2D eigenvalue weighted by atomic mass is 35.5. The topological polar surface area (TPSA) is 46.5 Å². The first-order valence-corrected chi connectivity index (χ1v) is 6.36. The zero-order valence-electron chi connectivity index (χ0n) is 10.7. The second kappa shape index (κ2) is 5.92. The average Bonchev–Trinajstić information content (AvgIpc) is 2.38. The van der Waals surface area contributed by atoms with Crippen molar-refractivity contribution >= 4 is 17.6 Å². The van der Waals surface area contributed by atoms with Crippen LogP contribution in [0.5, 0.6) is 5.75 Å². The highest BCUT2D eigenvalue weighted by molar-refractivity contribution is 6.34. The largest absolute Gasteiger partial charge is 0.493 e. The minimum Gasteiger partial charge on any atom is -0.493 e. The summed E-state index contributed by atoms with van der Waals surface area (Å²) in [5.74, 6) is -1.18. The van der Waals surface area contributed by atoms with E-state index in [1.54, 1.807) is 19.1 Å². The lowest BCUT2D eigenvalue weighted by molar-refractivity contribution is 0.0696. The zero-order valence-corrected chi connectivity index (χ0v) is 11.4. The maximum Gasteiger partial charge on any atom is 0.335 e. The van der Waals surface area contributed by atoms with Crippen molar-refractivity contribution in [2.45, 2.75) is 6.92 Å². The molecule has 0 atom stereocenters. The van der Waals surface area contributed by atoms with Gasteiger partial charge < -0.3 is 9.84 Å². The summed E-state index contributed by atoms with van der Waals surface area (Å²) in [4.78, 5) is 11.0. The van der Waals surface area contributed by atoms with Crippen molar-refractivity contribution in [1.29, 1.82) is 0 Å². The number of carboxylic acids is 1.